The fraction of sp³-hybridized carbons (Fsp3) is 0.333. The number of halogens is 1. The number of ether oxygens (including phenoxy) is 1. The molecule has 154 valence electrons. The Hall–Kier alpha value is -2.14. The highest BCUT2D eigenvalue weighted by atomic mass is 35.5. The molecule has 1 saturated heterocycles. The standard InChI is InChI=1S/C18H18ClN3O5S2/c1-11-17(23)20-14-8-13(19)16(9-15(14)27-11)29(25,26)22-5-3-21(4-6-22)18(24)12-2-7-28-10-12/h2,7-11H,3-6H2,1H3,(H,20,23)/t11-/m0/s1. The van der Waals surface area contributed by atoms with Crippen molar-refractivity contribution in [3.8, 4) is 5.75 Å². The van der Waals surface area contributed by atoms with Crippen molar-refractivity contribution in [3.63, 3.8) is 0 Å². The molecule has 0 aliphatic carbocycles. The summed E-state index contributed by atoms with van der Waals surface area (Å²) >= 11 is 7.66. The van der Waals surface area contributed by atoms with E-state index in [2.05, 4.69) is 5.32 Å². The summed E-state index contributed by atoms with van der Waals surface area (Å²) in [6, 6.07) is 4.47. The molecule has 2 aliphatic heterocycles. The third-order valence-corrected chi connectivity index (χ3v) is 7.92. The first-order valence-corrected chi connectivity index (χ1v) is 11.7. The van der Waals surface area contributed by atoms with Gasteiger partial charge in [-0.3, -0.25) is 9.59 Å². The van der Waals surface area contributed by atoms with Crippen LogP contribution in [0.2, 0.25) is 5.02 Å². The van der Waals surface area contributed by atoms with Gasteiger partial charge in [0, 0.05) is 37.6 Å². The molecule has 1 aromatic heterocycles. The number of hydrogen-bond donors (Lipinski definition) is 1. The Bertz CT molecular complexity index is 1060. The van der Waals surface area contributed by atoms with Crippen LogP contribution in [0.3, 0.4) is 0 Å². The smallest absolute Gasteiger partial charge is 0.265 e. The number of piperazine rings is 1. The Morgan fingerprint density at radius 2 is 2.00 bits per heavy atom. The summed E-state index contributed by atoms with van der Waals surface area (Å²) in [5, 5.41) is 6.25. The summed E-state index contributed by atoms with van der Waals surface area (Å²) in [7, 11) is -3.89. The normalized spacial score (nSPS) is 20.0. The van der Waals surface area contributed by atoms with Crippen LogP contribution in [0, 0.1) is 0 Å². The average Bonchev–Trinajstić information content (AvgIpc) is 3.23. The lowest BCUT2D eigenvalue weighted by molar-refractivity contribution is -0.122. The van der Waals surface area contributed by atoms with Gasteiger partial charge in [0.25, 0.3) is 11.8 Å². The number of sulfonamides is 1. The van der Waals surface area contributed by atoms with Crippen molar-refractivity contribution in [1.82, 2.24) is 9.21 Å². The lowest BCUT2D eigenvalue weighted by atomic mass is 10.2. The third-order valence-electron chi connectivity index (χ3n) is 4.88. The summed E-state index contributed by atoms with van der Waals surface area (Å²) in [6.07, 6.45) is -0.731. The van der Waals surface area contributed by atoms with E-state index in [1.54, 1.807) is 23.3 Å². The van der Waals surface area contributed by atoms with Crippen LogP contribution >= 0.6 is 22.9 Å². The van der Waals surface area contributed by atoms with Crippen LogP contribution in [-0.2, 0) is 14.8 Å². The molecule has 11 heteroatoms. The summed E-state index contributed by atoms with van der Waals surface area (Å²) in [6.45, 7) is 2.49. The van der Waals surface area contributed by atoms with Gasteiger partial charge in [-0.25, -0.2) is 8.42 Å². The highest BCUT2D eigenvalue weighted by Gasteiger charge is 2.34. The van der Waals surface area contributed by atoms with Crippen LogP contribution in [0.4, 0.5) is 5.69 Å². The molecule has 1 atom stereocenters. The Labute approximate surface area is 177 Å². The zero-order valence-corrected chi connectivity index (χ0v) is 17.8. The van der Waals surface area contributed by atoms with E-state index in [-0.39, 0.29) is 40.6 Å². The predicted octanol–water partition coefficient (Wildman–Crippen LogP) is 2.27. The number of carbonyl (C=O) groups is 2. The van der Waals surface area contributed by atoms with Crippen molar-refractivity contribution >= 4 is 50.5 Å². The molecule has 3 heterocycles. The van der Waals surface area contributed by atoms with E-state index in [1.165, 1.54) is 27.8 Å². The van der Waals surface area contributed by atoms with Gasteiger partial charge in [-0.05, 0) is 24.4 Å². The number of nitrogens with zero attached hydrogens (tertiary/aromatic N) is 2. The van der Waals surface area contributed by atoms with Gasteiger partial charge < -0.3 is 15.0 Å². The number of rotatable bonds is 3. The fourth-order valence-electron chi connectivity index (χ4n) is 3.25. The van der Waals surface area contributed by atoms with Crippen LogP contribution in [0.5, 0.6) is 5.75 Å². The molecule has 0 bridgehead atoms. The number of hydrogen-bond acceptors (Lipinski definition) is 6. The first-order valence-electron chi connectivity index (χ1n) is 8.90. The molecule has 2 aromatic rings. The molecular formula is C18H18ClN3O5S2. The highest BCUT2D eigenvalue weighted by molar-refractivity contribution is 7.89. The van der Waals surface area contributed by atoms with Gasteiger partial charge in [0.2, 0.25) is 10.0 Å². The van der Waals surface area contributed by atoms with Crippen LogP contribution in [-0.4, -0.2) is 61.7 Å². The minimum Gasteiger partial charge on any atom is -0.479 e. The van der Waals surface area contributed by atoms with E-state index in [0.29, 0.717) is 24.3 Å². The lowest BCUT2D eigenvalue weighted by Crippen LogP contribution is -2.50. The lowest BCUT2D eigenvalue weighted by Gasteiger charge is -2.34. The Kier molecular flexibility index (Phi) is 5.28. The van der Waals surface area contributed by atoms with Crippen LogP contribution < -0.4 is 10.1 Å². The Morgan fingerprint density at radius 1 is 1.28 bits per heavy atom. The third kappa shape index (κ3) is 3.73. The number of benzene rings is 1. The monoisotopic (exact) mass is 455 g/mol. The molecule has 1 N–H and O–H groups in total. The van der Waals surface area contributed by atoms with E-state index in [9.17, 15) is 18.0 Å². The van der Waals surface area contributed by atoms with Crippen LogP contribution in [0.15, 0.2) is 33.9 Å². The summed E-state index contributed by atoms with van der Waals surface area (Å²) in [4.78, 5) is 25.7. The van der Waals surface area contributed by atoms with E-state index in [1.807, 2.05) is 5.38 Å². The molecule has 1 fully saturated rings. The van der Waals surface area contributed by atoms with Crippen molar-refractivity contribution in [3.05, 3.63) is 39.5 Å². The summed E-state index contributed by atoms with van der Waals surface area (Å²) in [5.41, 5.74) is 0.945. The average molecular weight is 456 g/mol. The largest absolute Gasteiger partial charge is 0.479 e. The van der Waals surface area contributed by atoms with Gasteiger partial charge in [-0.1, -0.05) is 11.6 Å². The molecule has 2 aliphatic rings. The SMILES string of the molecule is C[C@@H]1Oc2cc(S(=O)(=O)N3CCN(C(=O)c4ccsc4)CC3)c(Cl)cc2NC1=O. The number of anilines is 1. The van der Waals surface area contributed by atoms with E-state index < -0.39 is 16.1 Å². The zero-order chi connectivity index (χ0) is 20.8. The van der Waals surface area contributed by atoms with Crippen molar-refractivity contribution in [2.75, 3.05) is 31.5 Å². The fourth-order valence-corrected chi connectivity index (χ4v) is 5.81. The molecule has 0 spiro atoms. The van der Waals surface area contributed by atoms with Crippen molar-refractivity contribution in [2.24, 2.45) is 0 Å². The first-order chi connectivity index (χ1) is 13.8. The van der Waals surface area contributed by atoms with Gasteiger partial charge in [0.1, 0.15) is 10.6 Å². The maximum Gasteiger partial charge on any atom is 0.265 e. The van der Waals surface area contributed by atoms with Gasteiger partial charge in [0.15, 0.2) is 6.10 Å². The second-order valence-electron chi connectivity index (χ2n) is 6.74. The first kappa shape index (κ1) is 20.1. The highest BCUT2D eigenvalue weighted by Crippen LogP contribution is 2.38. The molecule has 0 unspecified atom stereocenters. The molecule has 0 saturated carbocycles. The number of thiophene rings is 1. The number of carbonyl (C=O) groups excluding carboxylic acids is 2. The Balaban J connectivity index is 1.53. The second-order valence-corrected chi connectivity index (χ2v) is 9.83. The molecule has 8 nitrogen and oxygen atoms in total. The predicted molar refractivity (Wildman–Crippen MR) is 109 cm³/mol. The molecule has 0 radical (unpaired) electrons. The minimum atomic E-state index is -3.89. The summed E-state index contributed by atoms with van der Waals surface area (Å²) < 4.78 is 33.1. The molecule has 29 heavy (non-hydrogen) atoms. The maximum absolute atomic E-state index is 13.1. The molecule has 2 amide bonds. The topological polar surface area (TPSA) is 96.0 Å². The minimum absolute atomic E-state index is 0.000942. The maximum atomic E-state index is 13.1. The van der Waals surface area contributed by atoms with Gasteiger partial charge >= 0.3 is 0 Å². The van der Waals surface area contributed by atoms with Crippen LogP contribution in [0.1, 0.15) is 17.3 Å². The van der Waals surface area contributed by atoms with E-state index >= 15 is 0 Å². The van der Waals surface area contributed by atoms with Crippen LogP contribution in [0.25, 0.3) is 0 Å². The number of fused-ring (bicyclic) bond motifs is 1. The number of amides is 2. The van der Waals surface area contributed by atoms with Crippen molar-refractivity contribution in [1.29, 1.82) is 0 Å². The quantitative estimate of drug-likeness (QED) is 0.765. The summed E-state index contributed by atoms with van der Waals surface area (Å²) in [5.74, 6) is -0.171. The van der Waals surface area contributed by atoms with E-state index in [0.717, 1.165) is 0 Å². The number of nitrogens with one attached hydrogen (secondary N) is 1. The molecule has 4 rings (SSSR count). The van der Waals surface area contributed by atoms with Gasteiger partial charge in [-0.2, -0.15) is 15.6 Å². The van der Waals surface area contributed by atoms with Crippen molar-refractivity contribution < 1.29 is 22.7 Å². The van der Waals surface area contributed by atoms with Gasteiger partial charge in [-0.15, -0.1) is 0 Å². The van der Waals surface area contributed by atoms with E-state index in [4.69, 9.17) is 16.3 Å². The molecular weight excluding hydrogens is 438 g/mol. The second kappa shape index (κ2) is 7.60. The zero-order valence-electron chi connectivity index (χ0n) is 15.4. The Morgan fingerprint density at radius 3 is 2.66 bits per heavy atom. The van der Waals surface area contributed by atoms with Crippen molar-refractivity contribution in [2.45, 2.75) is 17.9 Å². The molecule has 1 aromatic carbocycles. The van der Waals surface area contributed by atoms with Gasteiger partial charge in [0.05, 0.1) is 16.3 Å².